The lowest BCUT2D eigenvalue weighted by Crippen LogP contribution is -2.54. The molecular formula is C20H29N3O2. The lowest BCUT2D eigenvalue weighted by atomic mass is 9.96. The van der Waals surface area contributed by atoms with Gasteiger partial charge in [0.1, 0.15) is 0 Å². The van der Waals surface area contributed by atoms with Crippen molar-refractivity contribution in [3.63, 3.8) is 0 Å². The minimum Gasteiger partial charge on any atom is -0.335 e. The molecule has 1 aromatic rings. The topological polar surface area (TPSA) is 52.7 Å². The Kier molecular flexibility index (Phi) is 5.61. The van der Waals surface area contributed by atoms with E-state index >= 15 is 0 Å². The van der Waals surface area contributed by atoms with Crippen molar-refractivity contribution in [1.82, 2.24) is 15.1 Å². The maximum Gasteiger partial charge on any atom is 0.317 e. The minimum absolute atomic E-state index is 0.0331. The zero-order chi connectivity index (χ0) is 17.8. The summed E-state index contributed by atoms with van der Waals surface area (Å²) in [6.45, 7) is 6.39. The van der Waals surface area contributed by atoms with Gasteiger partial charge in [0.15, 0.2) is 0 Å². The van der Waals surface area contributed by atoms with E-state index < -0.39 is 0 Å². The van der Waals surface area contributed by atoms with Crippen molar-refractivity contribution in [2.24, 2.45) is 0 Å². The maximum absolute atomic E-state index is 12.8. The van der Waals surface area contributed by atoms with Gasteiger partial charge in [0.05, 0.1) is 0 Å². The second-order valence-corrected chi connectivity index (χ2v) is 7.38. The number of piperazine rings is 1. The van der Waals surface area contributed by atoms with Gasteiger partial charge in [-0.15, -0.1) is 0 Å². The summed E-state index contributed by atoms with van der Waals surface area (Å²) < 4.78 is 0. The lowest BCUT2D eigenvalue weighted by molar-refractivity contribution is 0.0661. The molecule has 1 aliphatic carbocycles. The van der Waals surface area contributed by atoms with Crippen LogP contribution in [0.2, 0.25) is 0 Å². The van der Waals surface area contributed by atoms with Gasteiger partial charge in [-0.1, -0.05) is 37.0 Å². The molecule has 2 aliphatic rings. The maximum atomic E-state index is 12.8. The first-order valence-electron chi connectivity index (χ1n) is 9.46. The van der Waals surface area contributed by atoms with Crippen molar-refractivity contribution in [2.75, 3.05) is 26.2 Å². The standard InChI is InChI=1S/C20H29N3O2/c1-15-8-9-16(2)18(14-15)19(24)22-10-12-23(13-11-22)20(25)21-17-6-4-3-5-7-17/h8-9,14,17H,3-7,10-13H2,1-2H3,(H,21,25). The van der Waals surface area contributed by atoms with Crippen LogP contribution in [0.15, 0.2) is 18.2 Å². The van der Waals surface area contributed by atoms with E-state index in [9.17, 15) is 9.59 Å². The molecule has 0 unspecified atom stereocenters. The van der Waals surface area contributed by atoms with Crippen LogP contribution in [0.25, 0.3) is 0 Å². The second kappa shape index (κ2) is 7.89. The first-order chi connectivity index (χ1) is 12.0. The molecule has 2 fully saturated rings. The van der Waals surface area contributed by atoms with E-state index in [1.807, 2.05) is 41.8 Å². The van der Waals surface area contributed by atoms with Gasteiger partial charge in [-0.3, -0.25) is 4.79 Å². The monoisotopic (exact) mass is 343 g/mol. The fraction of sp³-hybridized carbons (Fsp3) is 0.600. The summed E-state index contributed by atoms with van der Waals surface area (Å²) in [6, 6.07) is 6.34. The molecule has 0 atom stereocenters. The van der Waals surface area contributed by atoms with Gasteiger partial charge in [0.25, 0.3) is 5.91 Å². The smallest absolute Gasteiger partial charge is 0.317 e. The highest BCUT2D eigenvalue weighted by molar-refractivity contribution is 5.96. The van der Waals surface area contributed by atoms with Gasteiger partial charge in [-0.2, -0.15) is 0 Å². The summed E-state index contributed by atoms with van der Waals surface area (Å²) >= 11 is 0. The molecule has 3 rings (SSSR count). The molecule has 1 aromatic carbocycles. The molecule has 5 heteroatoms. The number of benzene rings is 1. The van der Waals surface area contributed by atoms with Crippen LogP contribution in [0.5, 0.6) is 0 Å². The molecule has 0 radical (unpaired) electrons. The van der Waals surface area contributed by atoms with Crippen LogP contribution in [-0.2, 0) is 0 Å². The van der Waals surface area contributed by atoms with Gasteiger partial charge in [0, 0.05) is 37.8 Å². The Labute approximate surface area is 150 Å². The van der Waals surface area contributed by atoms with Gasteiger partial charge >= 0.3 is 6.03 Å². The van der Waals surface area contributed by atoms with Crippen LogP contribution in [0.1, 0.15) is 53.6 Å². The molecule has 136 valence electrons. The molecule has 0 bridgehead atoms. The fourth-order valence-electron chi connectivity index (χ4n) is 3.76. The van der Waals surface area contributed by atoms with Crippen molar-refractivity contribution in [3.8, 4) is 0 Å². The van der Waals surface area contributed by atoms with E-state index in [-0.39, 0.29) is 11.9 Å². The molecular weight excluding hydrogens is 314 g/mol. The highest BCUT2D eigenvalue weighted by Gasteiger charge is 2.27. The third-order valence-corrected chi connectivity index (χ3v) is 5.41. The number of aryl methyl sites for hydroxylation is 2. The normalized spacial score (nSPS) is 19.0. The summed E-state index contributed by atoms with van der Waals surface area (Å²) in [4.78, 5) is 28.9. The number of hydrogen-bond acceptors (Lipinski definition) is 2. The predicted molar refractivity (Wildman–Crippen MR) is 98.8 cm³/mol. The van der Waals surface area contributed by atoms with Gasteiger partial charge in [-0.05, 0) is 38.3 Å². The van der Waals surface area contributed by atoms with Crippen molar-refractivity contribution < 1.29 is 9.59 Å². The third-order valence-electron chi connectivity index (χ3n) is 5.41. The van der Waals surface area contributed by atoms with E-state index in [2.05, 4.69) is 5.32 Å². The SMILES string of the molecule is Cc1ccc(C)c(C(=O)N2CCN(C(=O)NC3CCCCC3)CC2)c1. The number of urea groups is 1. The third kappa shape index (κ3) is 4.33. The number of nitrogens with zero attached hydrogens (tertiary/aromatic N) is 2. The van der Waals surface area contributed by atoms with Crippen molar-refractivity contribution in [3.05, 3.63) is 34.9 Å². The number of hydrogen-bond donors (Lipinski definition) is 1. The van der Waals surface area contributed by atoms with E-state index in [4.69, 9.17) is 0 Å². The molecule has 3 amide bonds. The number of rotatable bonds is 2. The fourth-order valence-corrected chi connectivity index (χ4v) is 3.76. The predicted octanol–water partition coefficient (Wildman–Crippen LogP) is 3.10. The molecule has 1 heterocycles. The second-order valence-electron chi connectivity index (χ2n) is 7.38. The molecule has 1 aliphatic heterocycles. The highest BCUT2D eigenvalue weighted by Crippen LogP contribution is 2.18. The minimum atomic E-state index is 0.0331. The number of carbonyl (C=O) groups excluding carboxylic acids is 2. The highest BCUT2D eigenvalue weighted by atomic mass is 16.2. The summed E-state index contributed by atoms with van der Waals surface area (Å²) in [7, 11) is 0. The number of nitrogens with one attached hydrogen (secondary N) is 1. The Morgan fingerprint density at radius 2 is 1.60 bits per heavy atom. The van der Waals surface area contributed by atoms with E-state index in [0.29, 0.717) is 32.2 Å². The molecule has 0 aromatic heterocycles. The Morgan fingerprint density at radius 1 is 0.960 bits per heavy atom. The zero-order valence-electron chi connectivity index (χ0n) is 15.4. The quantitative estimate of drug-likeness (QED) is 0.897. The zero-order valence-corrected chi connectivity index (χ0v) is 15.4. The lowest BCUT2D eigenvalue weighted by Gasteiger charge is -2.36. The number of carbonyl (C=O) groups is 2. The molecule has 25 heavy (non-hydrogen) atoms. The van der Waals surface area contributed by atoms with Crippen molar-refractivity contribution >= 4 is 11.9 Å². The summed E-state index contributed by atoms with van der Waals surface area (Å²) in [5.74, 6) is 0.0774. The summed E-state index contributed by atoms with van der Waals surface area (Å²) in [6.07, 6.45) is 5.89. The molecule has 1 saturated heterocycles. The molecule has 5 nitrogen and oxygen atoms in total. The Morgan fingerprint density at radius 3 is 2.28 bits per heavy atom. The van der Waals surface area contributed by atoms with Gasteiger partial charge in [0.2, 0.25) is 0 Å². The molecule has 1 saturated carbocycles. The molecule has 1 N–H and O–H groups in total. The first kappa shape index (κ1) is 17.8. The average Bonchev–Trinajstić information content (AvgIpc) is 2.64. The van der Waals surface area contributed by atoms with E-state index in [1.165, 1.54) is 19.3 Å². The Bertz CT molecular complexity index is 630. The van der Waals surface area contributed by atoms with Gasteiger partial charge < -0.3 is 15.1 Å². The average molecular weight is 343 g/mol. The Hall–Kier alpha value is -2.04. The van der Waals surface area contributed by atoms with E-state index in [0.717, 1.165) is 29.5 Å². The van der Waals surface area contributed by atoms with Gasteiger partial charge in [-0.25, -0.2) is 4.79 Å². The summed E-state index contributed by atoms with van der Waals surface area (Å²) in [5.41, 5.74) is 2.88. The first-order valence-corrected chi connectivity index (χ1v) is 9.46. The van der Waals surface area contributed by atoms with Crippen LogP contribution >= 0.6 is 0 Å². The van der Waals surface area contributed by atoms with Crippen LogP contribution < -0.4 is 5.32 Å². The Balaban J connectivity index is 1.53. The molecule has 0 spiro atoms. The van der Waals surface area contributed by atoms with Crippen LogP contribution in [0.3, 0.4) is 0 Å². The van der Waals surface area contributed by atoms with E-state index in [1.54, 1.807) is 0 Å². The van der Waals surface area contributed by atoms with Crippen molar-refractivity contribution in [2.45, 2.75) is 52.0 Å². The number of amides is 3. The van der Waals surface area contributed by atoms with Crippen molar-refractivity contribution in [1.29, 1.82) is 0 Å². The largest absolute Gasteiger partial charge is 0.335 e. The van der Waals surface area contributed by atoms with Crippen LogP contribution in [0.4, 0.5) is 4.79 Å². The van der Waals surface area contributed by atoms with Crippen LogP contribution in [-0.4, -0.2) is 54.0 Å². The van der Waals surface area contributed by atoms with Crippen LogP contribution in [0, 0.1) is 13.8 Å². The summed E-state index contributed by atoms with van der Waals surface area (Å²) in [5, 5.41) is 3.16.